The number of hydrogen-bond donors (Lipinski definition) is 1. The van der Waals surface area contributed by atoms with Gasteiger partial charge in [-0.1, -0.05) is 12.1 Å². The molecule has 4 rings (SSSR count). The van der Waals surface area contributed by atoms with Crippen LogP contribution in [0.5, 0.6) is 0 Å². The van der Waals surface area contributed by atoms with E-state index in [2.05, 4.69) is 20.3 Å². The predicted octanol–water partition coefficient (Wildman–Crippen LogP) is 2.40. The third-order valence-electron chi connectivity index (χ3n) is 3.76. The van der Waals surface area contributed by atoms with Crippen molar-refractivity contribution in [3.8, 4) is 11.3 Å². The minimum absolute atomic E-state index is 0.201. The smallest absolute Gasteiger partial charge is 0.255 e. The van der Waals surface area contributed by atoms with Crippen molar-refractivity contribution in [3.05, 3.63) is 37.0 Å². The standard InChI is InChI=1S/C16H14N4O3/c21-15(13-2-1-5-22-13)20-16-18-7-11-4-3-10(6-12(11)19-16)14-8-17-9-23-14/h3-4,6-9,13H,1-2,5H2,(H,18,19,20,21). The summed E-state index contributed by atoms with van der Waals surface area (Å²) in [5.41, 5.74) is 1.58. The first-order chi connectivity index (χ1) is 11.3. The normalized spacial score (nSPS) is 17.5. The molecule has 1 amide bonds. The number of nitrogens with one attached hydrogen (secondary N) is 1. The van der Waals surface area contributed by atoms with Crippen molar-refractivity contribution in [1.29, 1.82) is 0 Å². The zero-order valence-corrected chi connectivity index (χ0v) is 12.2. The number of fused-ring (bicyclic) bond motifs is 1. The van der Waals surface area contributed by atoms with Crippen LogP contribution in [0.15, 0.2) is 41.4 Å². The van der Waals surface area contributed by atoms with E-state index < -0.39 is 6.10 Å². The van der Waals surface area contributed by atoms with Gasteiger partial charge in [-0.2, -0.15) is 0 Å². The Labute approximate surface area is 131 Å². The number of rotatable bonds is 3. The van der Waals surface area contributed by atoms with Crippen LogP contribution in [-0.2, 0) is 9.53 Å². The van der Waals surface area contributed by atoms with Gasteiger partial charge in [0.15, 0.2) is 12.2 Å². The number of oxazole rings is 1. The summed E-state index contributed by atoms with van der Waals surface area (Å²) < 4.78 is 10.6. The first-order valence-corrected chi connectivity index (χ1v) is 7.38. The first-order valence-electron chi connectivity index (χ1n) is 7.38. The van der Waals surface area contributed by atoms with Gasteiger partial charge < -0.3 is 9.15 Å². The maximum absolute atomic E-state index is 12.1. The van der Waals surface area contributed by atoms with E-state index >= 15 is 0 Å². The quantitative estimate of drug-likeness (QED) is 0.799. The number of carbonyl (C=O) groups excluding carboxylic acids is 1. The van der Waals surface area contributed by atoms with E-state index in [4.69, 9.17) is 9.15 Å². The molecule has 1 fully saturated rings. The topological polar surface area (TPSA) is 90.1 Å². The van der Waals surface area contributed by atoms with Gasteiger partial charge in [0.1, 0.15) is 6.10 Å². The summed E-state index contributed by atoms with van der Waals surface area (Å²) >= 11 is 0. The predicted molar refractivity (Wildman–Crippen MR) is 82.6 cm³/mol. The molecule has 1 N–H and O–H groups in total. The fraction of sp³-hybridized carbons (Fsp3) is 0.250. The van der Waals surface area contributed by atoms with E-state index in [1.807, 2.05) is 18.2 Å². The van der Waals surface area contributed by atoms with Crippen LogP contribution in [0, 0.1) is 0 Å². The van der Waals surface area contributed by atoms with Crippen molar-refractivity contribution in [2.45, 2.75) is 18.9 Å². The van der Waals surface area contributed by atoms with Crippen LogP contribution in [0.2, 0.25) is 0 Å². The third kappa shape index (κ3) is 2.78. The Morgan fingerprint density at radius 1 is 1.30 bits per heavy atom. The van der Waals surface area contributed by atoms with Crippen LogP contribution in [0.3, 0.4) is 0 Å². The minimum atomic E-state index is -0.408. The van der Waals surface area contributed by atoms with Crippen molar-refractivity contribution < 1.29 is 13.9 Å². The minimum Gasteiger partial charge on any atom is -0.444 e. The van der Waals surface area contributed by atoms with Crippen molar-refractivity contribution in [2.75, 3.05) is 11.9 Å². The zero-order chi connectivity index (χ0) is 15.6. The molecule has 7 heteroatoms. The van der Waals surface area contributed by atoms with E-state index in [1.165, 1.54) is 6.39 Å². The second-order valence-corrected chi connectivity index (χ2v) is 5.32. The Morgan fingerprint density at radius 2 is 2.26 bits per heavy atom. The lowest BCUT2D eigenvalue weighted by Crippen LogP contribution is -2.27. The molecule has 1 aliphatic rings. The maximum Gasteiger partial charge on any atom is 0.255 e. The highest BCUT2D eigenvalue weighted by molar-refractivity contribution is 5.93. The van der Waals surface area contributed by atoms with Gasteiger partial charge in [-0.3, -0.25) is 10.1 Å². The van der Waals surface area contributed by atoms with Gasteiger partial charge in [0.2, 0.25) is 5.95 Å². The lowest BCUT2D eigenvalue weighted by atomic mass is 10.1. The van der Waals surface area contributed by atoms with E-state index in [-0.39, 0.29) is 11.9 Å². The highest BCUT2D eigenvalue weighted by Crippen LogP contribution is 2.23. The average molecular weight is 310 g/mol. The Kier molecular flexibility index (Phi) is 3.47. The molecule has 1 saturated heterocycles. The van der Waals surface area contributed by atoms with E-state index in [0.29, 0.717) is 12.4 Å². The van der Waals surface area contributed by atoms with Crippen LogP contribution in [0.25, 0.3) is 22.2 Å². The lowest BCUT2D eigenvalue weighted by Gasteiger charge is -2.09. The fourth-order valence-corrected chi connectivity index (χ4v) is 2.57. The van der Waals surface area contributed by atoms with Crippen molar-refractivity contribution in [2.24, 2.45) is 0 Å². The SMILES string of the molecule is O=C(Nc1ncc2ccc(-c3cnco3)cc2n1)C1CCCO1. The van der Waals surface area contributed by atoms with Crippen LogP contribution in [-0.4, -0.2) is 33.6 Å². The lowest BCUT2D eigenvalue weighted by molar-refractivity contribution is -0.124. The molecule has 0 aliphatic carbocycles. The van der Waals surface area contributed by atoms with E-state index in [9.17, 15) is 4.79 Å². The Hall–Kier alpha value is -2.80. The number of benzene rings is 1. The van der Waals surface area contributed by atoms with Gasteiger partial charge in [0.05, 0.1) is 11.7 Å². The number of carbonyl (C=O) groups is 1. The summed E-state index contributed by atoms with van der Waals surface area (Å²) in [6.45, 7) is 0.622. The monoisotopic (exact) mass is 310 g/mol. The van der Waals surface area contributed by atoms with Crippen LogP contribution < -0.4 is 5.32 Å². The number of nitrogens with zero attached hydrogens (tertiary/aromatic N) is 3. The van der Waals surface area contributed by atoms with Gasteiger partial charge in [-0.15, -0.1) is 0 Å². The second-order valence-electron chi connectivity index (χ2n) is 5.32. The molecule has 2 aromatic heterocycles. The molecule has 0 radical (unpaired) electrons. The van der Waals surface area contributed by atoms with Gasteiger partial charge in [0, 0.05) is 23.8 Å². The zero-order valence-electron chi connectivity index (χ0n) is 12.2. The Balaban J connectivity index is 1.62. The molecule has 1 atom stereocenters. The Bertz CT molecular complexity index is 842. The summed E-state index contributed by atoms with van der Waals surface area (Å²) in [5, 5.41) is 3.59. The number of amides is 1. The van der Waals surface area contributed by atoms with Gasteiger partial charge >= 0.3 is 0 Å². The molecule has 0 spiro atoms. The van der Waals surface area contributed by atoms with E-state index in [1.54, 1.807) is 12.4 Å². The summed E-state index contributed by atoms with van der Waals surface area (Å²) in [7, 11) is 0. The number of anilines is 1. The van der Waals surface area contributed by atoms with Crippen molar-refractivity contribution in [3.63, 3.8) is 0 Å². The molecule has 3 aromatic rings. The maximum atomic E-state index is 12.1. The van der Waals surface area contributed by atoms with Crippen molar-refractivity contribution in [1.82, 2.24) is 15.0 Å². The molecule has 1 unspecified atom stereocenters. The molecule has 1 aliphatic heterocycles. The van der Waals surface area contributed by atoms with Gasteiger partial charge in [0.25, 0.3) is 5.91 Å². The van der Waals surface area contributed by atoms with Crippen molar-refractivity contribution >= 4 is 22.8 Å². The second kappa shape index (κ2) is 5.77. The number of hydrogen-bond acceptors (Lipinski definition) is 6. The number of aromatic nitrogens is 3. The molecule has 23 heavy (non-hydrogen) atoms. The summed E-state index contributed by atoms with van der Waals surface area (Å²) in [6, 6.07) is 5.69. The molecule has 116 valence electrons. The molecule has 7 nitrogen and oxygen atoms in total. The number of ether oxygens (including phenoxy) is 1. The summed E-state index contributed by atoms with van der Waals surface area (Å²) in [4.78, 5) is 24.5. The molecule has 0 bridgehead atoms. The molecule has 1 aromatic carbocycles. The summed E-state index contributed by atoms with van der Waals surface area (Å²) in [5.74, 6) is 0.733. The van der Waals surface area contributed by atoms with Crippen LogP contribution in [0.1, 0.15) is 12.8 Å². The van der Waals surface area contributed by atoms with Crippen LogP contribution >= 0.6 is 0 Å². The fourth-order valence-electron chi connectivity index (χ4n) is 2.57. The van der Waals surface area contributed by atoms with Gasteiger partial charge in [-0.05, 0) is 18.9 Å². The average Bonchev–Trinajstić information content (AvgIpc) is 3.27. The largest absolute Gasteiger partial charge is 0.444 e. The third-order valence-corrected chi connectivity index (χ3v) is 3.76. The highest BCUT2D eigenvalue weighted by Gasteiger charge is 2.24. The summed E-state index contributed by atoms with van der Waals surface area (Å²) in [6.07, 6.45) is 5.92. The molecular formula is C16H14N4O3. The van der Waals surface area contributed by atoms with Crippen LogP contribution in [0.4, 0.5) is 5.95 Å². The van der Waals surface area contributed by atoms with Gasteiger partial charge in [-0.25, -0.2) is 15.0 Å². The molecular weight excluding hydrogens is 296 g/mol. The highest BCUT2D eigenvalue weighted by atomic mass is 16.5. The molecule has 3 heterocycles. The molecule has 0 saturated carbocycles. The van der Waals surface area contributed by atoms with E-state index in [0.717, 1.165) is 29.3 Å². The first kappa shape index (κ1) is 13.8. The Morgan fingerprint density at radius 3 is 3.04 bits per heavy atom.